The van der Waals surface area contributed by atoms with E-state index in [1.165, 1.54) is 11.1 Å². The van der Waals surface area contributed by atoms with E-state index < -0.39 is 0 Å². The molecule has 3 aromatic rings. The topological polar surface area (TPSA) is 56.3 Å². The summed E-state index contributed by atoms with van der Waals surface area (Å²) in [4.78, 5) is 6.43. The van der Waals surface area contributed by atoms with E-state index in [-0.39, 0.29) is 6.10 Å². The van der Waals surface area contributed by atoms with Crippen molar-refractivity contribution in [3.05, 3.63) is 65.6 Å². The van der Waals surface area contributed by atoms with Crippen LogP contribution in [0.15, 0.2) is 47.4 Å². The molecule has 1 aliphatic heterocycles. The molecule has 2 aromatic heterocycles. The highest BCUT2D eigenvalue weighted by atomic mass is 16.5. The molecule has 6 nitrogen and oxygen atoms in total. The molecule has 3 heterocycles. The first-order valence-corrected chi connectivity index (χ1v) is 8.54. The van der Waals surface area contributed by atoms with Crippen LogP contribution in [0.5, 0.6) is 0 Å². The molecule has 0 unspecified atom stereocenters. The molecular weight excluding hydrogens is 316 g/mol. The lowest BCUT2D eigenvalue weighted by atomic mass is 10.1. The van der Waals surface area contributed by atoms with Crippen LogP contribution in [0, 0.1) is 13.8 Å². The predicted molar refractivity (Wildman–Crippen MR) is 93.5 cm³/mol. The lowest BCUT2D eigenvalue weighted by Crippen LogP contribution is -2.37. The van der Waals surface area contributed by atoms with E-state index in [0.29, 0.717) is 0 Å². The molecular formula is C19H22N4O2. The van der Waals surface area contributed by atoms with Crippen molar-refractivity contribution in [2.75, 3.05) is 19.7 Å². The monoisotopic (exact) mass is 338 g/mol. The fraction of sp³-hybridized carbons (Fsp3) is 0.368. The van der Waals surface area contributed by atoms with Crippen LogP contribution in [0.4, 0.5) is 0 Å². The number of ether oxygens (including phenoxy) is 1. The first kappa shape index (κ1) is 16.1. The molecule has 1 saturated heterocycles. The maximum Gasteiger partial charge on any atom is 0.138 e. The largest absolute Gasteiger partial charge is 0.464 e. The van der Waals surface area contributed by atoms with E-state index in [2.05, 4.69) is 40.1 Å². The van der Waals surface area contributed by atoms with Crippen molar-refractivity contribution >= 4 is 0 Å². The highest BCUT2D eigenvalue weighted by Crippen LogP contribution is 2.25. The van der Waals surface area contributed by atoms with Crippen LogP contribution in [-0.2, 0) is 11.3 Å². The summed E-state index contributed by atoms with van der Waals surface area (Å²) in [5, 5.41) is 4.21. The van der Waals surface area contributed by atoms with E-state index in [1.807, 2.05) is 19.1 Å². The van der Waals surface area contributed by atoms with Crippen LogP contribution in [0.2, 0.25) is 0 Å². The standard InChI is InChI=1S/C19H22N4O2/c1-14-9-16(4-5-17(14)23-13-20-12-21-23)10-22-7-8-24-19(11-22)18-6-3-15(2)25-18/h3-6,9,12-13,19H,7-8,10-11H2,1-2H3/t19-/m1/s1. The zero-order chi connectivity index (χ0) is 17.2. The third-order valence-corrected chi connectivity index (χ3v) is 4.56. The molecule has 1 atom stereocenters. The summed E-state index contributed by atoms with van der Waals surface area (Å²) < 4.78 is 13.4. The Morgan fingerprint density at radius 1 is 1.20 bits per heavy atom. The van der Waals surface area contributed by atoms with Crippen molar-refractivity contribution in [2.45, 2.75) is 26.5 Å². The number of furan rings is 1. The lowest BCUT2D eigenvalue weighted by molar-refractivity contribution is -0.0430. The third kappa shape index (κ3) is 3.50. The SMILES string of the molecule is Cc1ccc([C@H]2CN(Cc3ccc(-n4cncn4)c(C)c3)CCO2)o1. The van der Waals surface area contributed by atoms with Crippen molar-refractivity contribution in [2.24, 2.45) is 0 Å². The van der Waals surface area contributed by atoms with Gasteiger partial charge in [-0.1, -0.05) is 12.1 Å². The summed E-state index contributed by atoms with van der Waals surface area (Å²) >= 11 is 0. The number of hydrogen-bond donors (Lipinski definition) is 0. The van der Waals surface area contributed by atoms with Gasteiger partial charge in [0.05, 0.1) is 12.3 Å². The molecule has 0 radical (unpaired) electrons. The molecule has 1 fully saturated rings. The number of morpholine rings is 1. The maximum absolute atomic E-state index is 5.88. The molecule has 0 amide bonds. The van der Waals surface area contributed by atoms with Gasteiger partial charge in [-0.05, 0) is 43.2 Å². The second-order valence-electron chi connectivity index (χ2n) is 6.50. The molecule has 4 rings (SSSR count). The second-order valence-corrected chi connectivity index (χ2v) is 6.50. The fourth-order valence-electron chi connectivity index (χ4n) is 3.31. The van der Waals surface area contributed by atoms with Crippen LogP contribution in [-0.4, -0.2) is 39.4 Å². The minimum absolute atomic E-state index is 0.0120. The van der Waals surface area contributed by atoms with Crippen molar-refractivity contribution in [1.29, 1.82) is 0 Å². The van der Waals surface area contributed by atoms with E-state index in [9.17, 15) is 0 Å². The average Bonchev–Trinajstić information content (AvgIpc) is 3.27. The Bertz CT molecular complexity index is 841. The van der Waals surface area contributed by atoms with Gasteiger partial charge in [0, 0.05) is 19.6 Å². The summed E-state index contributed by atoms with van der Waals surface area (Å²) in [5.41, 5.74) is 3.54. The van der Waals surface area contributed by atoms with Gasteiger partial charge in [0.2, 0.25) is 0 Å². The molecule has 1 aromatic carbocycles. The Balaban J connectivity index is 1.45. The van der Waals surface area contributed by atoms with Crippen molar-refractivity contribution in [1.82, 2.24) is 19.7 Å². The van der Waals surface area contributed by atoms with Gasteiger partial charge >= 0.3 is 0 Å². The first-order chi connectivity index (χ1) is 12.2. The highest BCUT2D eigenvalue weighted by Gasteiger charge is 2.24. The van der Waals surface area contributed by atoms with Crippen LogP contribution in [0.1, 0.15) is 28.8 Å². The molecule has 6 heteroatoms. The van der Waals surface area contributed by atoms with Crippen molar-refractivity contribution in [3.63, 3.8) is 0 Å². The Kier molecular flexibility index (Phi) is 4.38. The van der Waals surface area contributed by atoms with Crippen LogP contribution in [0.3, 0.4) is 0 Å². The Hall–Kier alpha value is -2.44. The summed E-state index contributed by atoms with van der Waals surface area (Å²) in [6.45, 7) is 7.47. The first-order valence-electron chi connectivity index (χ1n) is 8.54. The number of aryl methyl sites for hydroxylation is 2. The van der Waals surface area contributed by atoms with Gasteiger partial charge in [-0.3, -0.25) is 4.90 Å². The van der Waals surface area contributed by atoms with Gasteiger partial charge in [-0.15, -0.1) is 0 Å². The molecule has 0 bridgehead atoms. The van der Waals surface area contributed by atoms with E-state index in [0.717, 1.165) is 43.4 Å². The van der Waals surface area contributed by atoms with Crippen molar-refractivity contribution < 1.29 is 9.15 Å². The second kappa shape index (κ2) is 6.82. The van der Waals surface area contributed by atoms with Gasteiger partial charge in [0.15, 0.2) is 0 Å². The van der Waals surface area contributed by atoms with Crippen LogP contribution in [0.25, 0.3) is 5.69 Å². The number of benzene rings is 1. The molecule has 1 aliphatic rings. The maximum atomic E-state index is 5.88. The summed E-state index contributed by atoms with van der Waals surface area (Å²) in [6.07, 6.45) is 3.29. The molecule has 0 N–H and O–H groups in total. The number of aromatic nitrogens is 3. The van der Waals surface area contributed by atoms with Crippen LogP contribution < -0.4 is 0 Å². The highest BCUT2D eigenvalue weighted by molar-refractivity contribution is 5.41. The normalized spacial score (nSPS) is 18.6. The van der Waals surface area contributed by atoms with Gasteiger partial charge in [-0.2, -0.15) is 5.10 Å². The summed E-state index contributed by atoms with van der Waals surface area (Å²) in [7, 11) is 0. The smallest absolute Gasteiger partial charge is 0.138 e. The predicted octanol–water partition coefficient (Wildman–Crippen LogP) is 3.05. The third-order valence-electron chi connectivity index (χ3n) is 4.56. The average molecular weight is 338 g/mol. The zero-order valence-electron chi connectivity index (χ0n) is 14.6. The Labute approximate surface area is 147 Å². The summed E-state index contributed by atoms with van der Waals surface area (Å²) in [5.74, 6) is 1.84. The molecule has 25 heavy (non-hydrogen) atoms. The minimum Gasteiger partial charge on any atom is -0.464 e. The summed E-state index contributed by atoms with van der Waals surface area (Å²) in [6, 6.07) is 10.5. The van der Waals surface area contributed by atoms with Crippen LogP contribution >= 0.6 is 0 Å². The van der Waals surface area contributed by atoms with Gasteiger partial charge in [-0.25, -0.2) is 9.67 Å². The van der Waals surface area contributed by atoms with E-state index in [4.69, 9.17) is 9.15 Å². The zero-order valence-corrected chi connectivity index (χ0v) is 14.6. The number of nitrogens with zero attached hydrogens (tertiary/aromatic N) is 4. The van der Waals surface area contributed by atoms with Crippen molar-refractivity contribution in [3.8, 4) is 5.69 Å². The molecule has 0 saturated carbocycles. The molecule has 130 valence electrons. The van der Waals surface area contributed by atoms with Gasteiger partial charge < -0.3 is 9.15 Å². The van der Waals surface area contributed by atoms with E-state index in [1.54, 1.807) is 17.3 Å². The molecule has 0 spiro atoms. The van der Waals surface area contributed by atoms with Gasteiger partial charge in [0.25, 0.3) is 0 Å². The van der Waals surface area contributed by atoms with Gasteiger partial charge in [0.1, 0.15) is 30.3 Å². The molecule has 0 aliphatic carbocycles. The fourth-order valence-corrected chi connectivity index (χ4v) is 3.31. The quantitative estimate of drug-likeness (QED) is 0.732. The number of rotatable bonds is 4. The minimum atomic E-state index is 0.0120. The Morgan fingerprint density at radius 3 is 2.84 bits per heavy atom. The number of hydrogen-bond acceptors (Lipinski definition) is 5. The Morgan fingerprint density at radius 2 is 2.12 bits per heavy atom. The van der Waals surface area contributed by atoms with E-state index >= 15 is 0 Å². The lowest BCUT2D eigenvalue weighted by Gasteiger charge is -2.32.